The van der Waals surface area contributed by atoms with Crippen molar-refractivity contribution in [3.05, 3.63) is 29.8 Å². The number of para-hydroxylation sites is 1. The highest BCUT2D eigenvalue weighted by molar-refractivity contribution is 9.10. The first-order valence-corrected chi connectivity index (χ1v) is 7.49. The van der Waals surface area contributed by atoms with Crippen LogP contribution in [0.25, 0.3) is 0 Å². The molecule has 110 valence electrons. The molecule has 0 heterocycles. The van der Waals surface area contributed by atoms with Crippen molar-refractivity contribution in [1.82, 2.24) is 5.32 Å². The van der Waals surface area contributed by atoms with Crippen molar-refractivity contribution in [3.8, 4) is 0 Å². The van der Waals surface area contributed by atoms with Gasteiger partial charge in [-0.05, 0) is 31.9 Å². The Kier molecular flexibility index (Phi) is 6.20. The van der Waals surface area contributed by atoms with Crippen molar-refractivity contribution in [3.63, 3.8) is 0 Å². The first-order valence-electron chi connectivity index (χ1n) is 6.69. The second-order valence-corrected chi connectivity index (χ2v) is 7.02. The number of aryl methyl sites for hydroxylation is 1. The van der Waals surface area contributed by atoms with Gasteiger partial charge in [0, 0.05) is 18.7 Å². The van der Waals surface area contributed by atoms with Crippen LogP contribution in [0.5, 0.6) is 0 Å². The van der Waals surface area contributed by atoms with Crippen molar-refractivity contribution in [1.29, 1.82) is 0 Å². The van der Waals surface area contributed by atoms with Crippen molar-refractivity contribution in [2.75, 3.05) is 11.9 Å². The van der Waals surface area contributed by atoms with E-state index in [1.807, 2.05) is 31.2 Å². The van der Waals surface area contributed by atoms with Crippen LogP contribution in [0.2, 0.25) is 0 Å². The predicted octanol–water partition coefficient (Wildman–Crippen LogP) is 2.87. The summed E-state index contributed by atoms with van der Waals surface area (Å²) >= 11 is 3.27. The van der Waals surface area contributed by atoms with Crippen molar-refractivity contribution in [2.45, 2.75) is 37.9 Å². The number of hydrogen-bond donors (Lipinski definition) is 2. The van der Waals surface area contributed by atoms with Gasteiger partial charge >= 0.3 is 0 Å². The molecule has 0 bridgehead atoms. The number of anilines is 1. The Balaban J connectivity index is 2.43. The van der Waals surface area contributed by atoms with Crippen LogP contribution in [0.1, 0.15) is 32.8 Å². The normalized spacial score (nSPS) is 11.0. The van der Waals surface area contributed by atoms with Gasteiger partial charge in [-0.15, -0.1) is 0 Å². The Bertz CT molecular complexity index is 481. The molecule has 0 aliphatic carbocycles. The molecule has 0 aliphatic heterocycles. The van der Waals surface area contributed by atoms with Crippen molar-refractivity contribution < 1.29 is 9.59 Å². The van der Waals surface area contributed by atoms with E-state index in [1.54, 1.807) is 13.8 Å². The van der Waals surface area contributed by atoms with Crippen LogP contribution in [0.3, 0.4) is 0 Å². The maximum Gasteiger partial charge on any atom is 0.236 e. The fourth-order valence-electron chi connectivity index (χ4n) is 1.66. The molecule has 0 spiro atoms. The number of halogens is 1. The summed E-state index contributed by atoms with van der Waals surface area (Å²) in [5, 5.41) is 5.59. The van der Waals surface area contributed by atoms with Crippen LogP contribution < -0.4 is 10.6 Å². The number of carbonyl (C=O) groups is 2. The smallest absolute Gasteiger partial charge is 0.236 e. The number of amides is 2. The van der Waals surface area contributed by atoms with Crippen molar-refractivity contribution >= 4 is 33.4 Å². The van der Waals surface area contributed by atoms with E-state index in [1.165, 1.54) is 0 Å². The molecule has 0 radical (unpaired) electrons. The second-order valence-electron chi connectivity index (χ2n) is 5.04. The van der Waals surface area contributed by atoms with E-state index < -0.39 is 4.32 Å². The highest BCUT2D eigenvalue weighted by Crippen LogP contribution is 2.16. The number of benzene rings is 1. The van der Waals surface area contributed by atoms with E-state index in [9.17, 15) is 9.59 Å². The highest BCUT2D eigenvalue weighted by Gasteiger charge is 2.22. The van der Waals surface area contributed by atoms with Crippen LogP contribution >= 0.6 is 15.9 Å². The quantitative estimate of drug-likeness (QED) is 0.782. The lowest BCUT2D eigenvalue weighted by Gasteiger charge is -2.15. The maximum atomic E-state index is 11.8. The lowest BCUT2D eigenvalue weighted by Crippen LogP contribution is -2.38. The fourth-order valence-corrected chi connectivity index (χ4v) is 1.80. The second kappa shape index (κ2) is 7.43. The summed E-state index contributed by atoms with van der Waals surface area (Å²) < 4.78 is -0.613. The predicted molar refractivity (Wildman–Crippen MR) is 85.1 cm³/mol. The molecule has 20 heavy (non-hydrogen) atoms. The fraction of sp³-hybridized carbons (Fsp3) is 0.467. The maximum absolute atomic E-state index is 11.8. The number of rotatable bonds is 6. The summed E-state index contributed by atoms with van der Waals surface area (Å²) in [6.07, 6.45) is 1.12. The first-order chi connectivity index (χ1) is 9.34. The lowest BCUT2D eigenvalue weighted by molar-refractivity contribution is -0.122. The molecule has 5 heteroatoms. The van der Waals surface area contributed by atoms with E-state index in [-0.39, 0.29) is 18.2 Å². The molecule has 0 atom stereocenters. The third-order valence-corrected chi connectivity index (χ3v) is 3.21. The Morgan fingerprint density at radius 3 is 2.50 bits per heavy atom. The summed E-state index contributed by atoms with van der Waals surface area (Å²) in [4.78, 5) is 23.5. The zero-order valence-electron chi connectivity index (χ0n) is 12.1. The largest absolute Gasteiger partial charge is 0.354 e. The van der Waals surface area contributed by atoms with Gasteiger partial charge in [0.25, 0.3) is 0 Å². The molecule has 0 fully saturated rings. The van der Waals surface area contributed by atoms with Gasteiger partial charge in [0.15, 0.2) is 0 Å². The molecule has 1 rings (SSSR count). The number of alkyl halides is 1. The average molecular weight is 341 g/mol. The number of nitrogens with one attached hydrogen (secondary N) is 2. The van der Waals surface area contributed by atoms with Gasteiger partial charge in [-0.25, -0.2) is 0 Å². The summed E-state index contributed by atoms with van der Waals surface area (Å²) in [6, 6.07) is 7.72. The summed E-state index contributed by atoms with van der Waals surface area (Å²) in [6.45, 7) is 5.90. The molecule has 4 nitrogen and oxygen atoms in total. The third kappa shape index (κ3) is 5.33. The standard InChI is InChI=1S/C15H21BrN2O2/c1-4-11-7-5-6-8-12(11)18-13(19)9-10-17-14(20)15(2,3)16/h5-8H,4,9-10H2,1-3H3,(H,17,20)(H,18,19). The minimum absolute atomic E-state index is 0.0985. The molecule has 0 unspecified atom stereocenters. The monoisotopic (exact) mass is 340 g/mol. The third-order valence-electron chi connectivity index (χ3n) is 2.85. The molecule has 0 saturated carbocycles. The van der Waals surface area contributed by atoms with Crippen molar-refractivity contribution in [2.24, 2.45) is 0 Å². The molecule has 0 aliphatic rings. The van der Waals surface area contributed by atoms with Gasteiger partial charge in [-0.1, -0.05) is 41.1 Å². The van der Waals surface area contributed by atoms with E-state index in [4.69, 9.17) is 0 Å². The zero-order valence-corrected chi connectivity index (χ0v) is 13.7. The number of carbonyl (C=O) groups excluding carboxylic acids is 2. The molecule has 1 aromatic rings. The van der Waals surface area contributed by atoms with Crippen LogP contribution in [0.15, 0.2) is 24.3 Å². The summed E-state index contributed by atoms with van der Waals surface area (Å²) in [5.74, 6) is -0.224. The van der Waals surface area contributed by atoms with Gasteiger partial charge in [-0.2, -0.15) is 0 Å². The van der Waals surface area contributed by atoms with Gasteiger partial charge in [-0.3, -0.25) is 9.59 Å². The molecule has 2 amide bonds. The Labute approximate surface area is 128 Å². The van der Waals surface area contributed by atoms with E-state index in [0.29, 0.717) is 6.54 Å². The Morgan fingerprint density at radius 2 is 1.90 bits per heavy atom. The molecular formula is C15H21BrN2O2. The van der Waals surface area contributed by atoms with E-state index in [0.717, 1.165) is 17.7 Å². The molecule has 2 N–H and O–H groups in total. The molecule has 1 aromatic carbocycles. The summed E-state index contributed by atoms with van der Waals surface area (Å²) in [5.41, 5.74) is 1.94. The van der Waals surface area contributed by atoms with Crippen LogP contribution in [-0.4, -0.2) is 22.7 Å². The van der Waals surface area contributed by atoms with E-state index in [2.05, 4.69) is 26.6 Å². The van der Waals surface area contributed by atoms with Gasteiger partial charge in [0.05, 0.1) is 4.32 Å². The van der Waals surface area contributed by atoms with Gasteiger partial charge in [0.1, 0.15) is 0 Å². The van der Waals surface area contributed by atoms with Crippen LogP contribution in [-0.2, 0) is 16.0 Å². The van der Waals surface area contributed by atoms with Gasteiger partial charge < -0.3 is 10.6 Å². The minimum Gasteiger partial charge on any atom is -0.354 e. The minimum atomic E-state index is -0.613. The van der Waals surface area contributed by atoms with E-state index >= 15 is 0 Å². The molecule has 0 saturated heterocycles. The first kappa shape index (κ1) is 16.7. The van der Waals surface area contributed by atoms with Crippen LogP contribution in [0, 0.1) is 0 Å². The van der Waals surface area contributed by atoms with Gasteiger partial charge in [0.2, 0.25) is 11.8 Å². The zero-order chi connectivity index (χ0) is 15.2. The molecule has 0 aromatic heterocycles. The van der Waals surface area contributed by atoms with Crippen LogP contribution in [0.4, 0.5) is 5.69 Å². The SMILES string of the molecule is CCc1ccccc1NC(=O)CCNC(=O)C(C)(C)Br. The Morgan fingerprint density at radius 1 is 1.25 bits per heavy atom. The lowest BCUT2D eigenvalue weighted by atomic mass is 10.1. The average Bonchev–Trinajstić information content (AvgIpc) is 2.38. The number of hydrogen-bond acceptors (Lipinski definition) is 2. The summed E-state index contributed by atoms with van der Waals surface area (Å²) in [7, 11) is 0. The Hall–Kier alpha value is -1.36. The highest BCUT2D eigenvalue weighted by atomic mass is 79.9. The topological polar surface area (TPSA) is 58.2 Å². The molecular weight excluding hydrogens is 320 g/mol.